The second kappa shape index (κ2) is 6.50. The van der Waals surface area contributed by atoms with Gasteiger partial charge in [0.05, 0.1) is 0 Å². The van der Waals surface area contributed by atoms with Gasteiger partial charge >= 0.3 is 5.97 Å². The molecule has 2 rings (SSSR count). The number of halogens is 1. The lowest BCUT2D eigenvalue weighted by molar-refractivity contribution is 0.0661. The molecule has 0 saturated heterocycles. The molecule has 8 heteroatoms. The van der Waals surface area contributed by atoms with Gasteiger partial charge in [-0.15, -0.1) is 0 Å². The Morgan fingerprint density at radius 1 is 1.43 bits per heavy atom. The number of hydrogen-bond donors (Lipinski definition) is 1. The maximum absolute atomic E-state index is 12.5. The fraction of sp³-hybridized carbons (Fsp3) is 0.615. The molecule has 1 heterocycles. The van der Waals surface area contributed by atoms with E-state index in [2.05, 4.69) is 15.9 Å². The van der Waals surface area contributed by atoms with E-state index in [1.807, 2.05) is 0 Å². The molecule has 0 atom stereocenters. The molecule has 0 spiro atoms. The van der Waals surface area contributed by atoms with Crippen LogP contribution < -0.4 is 0 Å². The minimum atomic E-state index is -3.75. The molecule has 1 aromatic heterocycles. The summed E-state index contributed by atoms with van der Waals surface area (Å²) in [7, 11) is -2.23. The minimum Gasteiger partial charge on any atom is -0.475 e. The fourth-order valence-electron chi connectivity index (χ4n) is 2.63. The van der Waals surface area contributed by atoms with Crippen LogP contribution in [-0.2, 0) is 10.0 Å². The summed E-state index contributed by atoms with van der Waals surface area (Å²) >= 11 is 2.98. The summed E-state index contributed by atoms with van der Waals surface area (Å²) in [6, 6.07) is 1.04. The largest absolute Gasteiger partial charge is 0.475 e. The summed E-state index contributed by atoms with van der Waals surface area (Å²) in [6.45, 7) is 0.447. The molecular formula is C13H18BrNO5S. The average molecular weight is 380 g/mol. The first-order valence-electron chi connectivity index (χ1n) is 6.81. The van der Waals surface area contributed by atoms with Crippen LogP contribution in [0.25, 0.3) is 0 Å². The standard InChI is InChI=1S/C13H18BrNO5S/c1-15(8-9-5-3-2-4-6-9)21(18,19)11-7-10(13(16)17)20-12(11)14/h7,9H,2-6,8H2,1H3,(H,16,17). The summed E-state index contributed by atoms with van der Waals surface area (Å²) < 4.78 is 31.1. The molecule has 0 bridgehead atoms. The first kappa shape index (κ1) is 16.5. The van der Waals surface area contributed by atoms with Gasteiger partial charge in [-0.1, -0.05) is 19.3 Å². The molecule has 1 aliphatic rings. The van der Waals surface area contributed by atoms with Crippen LogP contribution in [0.4, 0.5) is 0 Å². The average Bonchev–Trinajstić information content (AvgIpc) is 2.83. The first-order chi connectivity index (χ1) is 9.82. The van der Waals surface area contributed by atoms with E-state index in [9.17, 15) is 13.2 Å². The van der Waals surface area contributed by atoms with Crippen LogP contribution in [0.3, 0.4) is 0 Å². The van der Waals surface area contributed by atoms with E-state index >= 15 is 0 Å². The lowest BCUT2D eigenvalue weighted by atomic mass is 9.89. The van der Waals surface area contributed by atoms with Crippen molar-refractivity contribution < 1.29 is 22.7 Å². The van der Waals surface area contributed by atoms with Gasteiger partial charge in [-0.25, -0.2) is 17.5 Å². The number of aromatic carboxylic acids is 1. The number of carboxylic acids is 1. The molecule has 0 amide bonds. The van der Waals surface area contributed by atoms with Gasteiger partial charge in [0, 0.05) is 19.7 Å². The molecule has 0 unspecified atom stereocenters. The Balaban J connectivity index is 2.18. The highest BCUT2D eigenvalue weighted by molar-refractivity contribution is 9.10. The van der Waals surface area contributed by atoms with Crippen molar-refractivity contribution in [3.8, 4) is 0 Å². The van der Waals surface area contributed by atoms with Crippen LogP contribution in [0, 0.1) is 5.92 Å². The van der Waals surface area contributed by atoms with E-state index in [0.29, 0.717) is 12.5 Å². The van der Waals surface area contributed by atoms with Gasteiger partial charge in [0.2, 0.25) is 15.8 Å². The highest BCUT2D eigenvalue weighted by Gasteiger charge is 2.30. The van der Waals surface area contributed by atoms with E-state index in [1.165, 1.54) is 17.8 Å². The highest BCUT2D eigenvalue weighted by atomic mass is 79.9. The summed E-state index contributed by atoms with van der Waals surface area (Å²) in [6.07, 6.45) is 5.55. The van der Waals surface area contributed by atoms with Crippen molar-refractivity contribution in [1.29, 1.82) is 0 Å². The summed E-state index contributed by atoms with van der Waals surface area (Å²) in [5, 5.41) is 8.86. The van der Waals surface area contributed by atoms with E-state index < -0.39 is 21.8 Å². The maximum Gasteiger partial charge on any atom is 0.371 e. The molecule has 6 nitrogen and oxygen atoms in total. The molecule has 1 fully saturated rings. The molecule has 0 aromatic carbocycles. The van der Waals surface area contributed by atoms with Crippen LogP contribution in [0.2, 0.25) is 0 Å². The van der Waals surface area contributed by atoms with E-state index in [0.717, 1.165) is 31.7 Å². The van der Waals surface area contributed by atoms with E-state index in [-0.39, 0.29) is 9.56 Å². The topological polar surface area (TPSA) is 87.8 Å². The second-order valence-corrected chi connectivity index (χ2v) is 8.08. The number of carbonyl (C=O) groups is 1. The molecule has 0 aliphatic heterocycles. The smallest absolute Gasteiger partial charge is 0.371 e. The molecule has 1 aliphatic carbocycles. The summed E-state index contributed by atoms with van der Waals surface area (Å²) in [5.41, 5.74) is 0. The SMILES string of the molecule is CN(CC1CCCCC1)S(=O)(=O)c1cc(C(=O)O)oc1Br. The summed E-state index contributed by atoms with van der Waals surface area (Å²) in [5.74, 6) is -1.33. The van der Waals surface area contributed by atoms with Gasteiger partial charge in [-0.05, 0) is 34.7 Å². The van der Waals surface area contributed by atoms with Crippen LogP contribution in [0.5, 0.6) is 0 Å². The third-order valence-electron chi connectivity index (χ3n) is 3.79. The zero-order valence-corrected chi connectivity index (χ0v) is 14.1. The van der Waals surface area contributed by atoms with Gasteiger partial charge in [0.1, 0.15) is 4.90 Å². The third kappa shape index (κ3) is 3.67. The Bertz CT molecular complexity index is 619. The predicted molar refractivity (Wildman–Crippen MR) is 79.8 cm³/mol. The first-order valence-corrected chi connectivity index (χ1v) is 9.04. The Hall–Kier alpha value is -0.860. The zero-order valence-electron chi connectivity index (χ0n) is 11.7. The third-order valence-corrected chi connectivity index (χ3v) is 6.47. The Morgan fingerprint density at radius 3 is 2.57 bits per heavy atom. The Labute approximate surface area is 132 Å². The minimum absolute atomic E-state index is 0.0737. The Kier molecular flexibility index (Phi) is 5.11. The quantitative estimate of drug-likeness (QED) is 0.849. The van der Waals surface area contributed by atoms with Crippen LogP contribution >= 0.6 is 15.9 Å². The number of sulfonamides is 1. The van der Waals surface area contributed by atoms with Crippen molar-refractivity contribution in [1.82, 2.24) is 4.31 Å². The number of carboxylic acid groups (broad SMARTS) is 1. The van der Waals surface area contributed by atoms with Crippen molar-refractivity contribution in [2.45, 2.75) is 37.0 Å². The lowest BCUT2D eigenvalue weighted by Crippen LogP contribution is -2.32. The van der Waals surface area contributed by atoms with Crippen LogP contribution in [0.1, 0.15) is 42.7 Å². The zero-order chi connectivity index (χ0) is 15.6. The van der Waals surface area contributed by atoms with E-state index in [4.69, 9.17) is 9.52 Å². The predicted octanol–water partition coefficient (Wildman–Crippen LogP) is 2.94. The molecule has 0 radical (unpaired) electrons. The van der Waals surface area contributed by atoms with Crippen LogP contribution in [0.15, 0.2) is 20.0 Å². The molecule has 118 valence electrons. The molecule has 21 heavy (non-hydrogen) atoms. The highest BCUT2D eigenvalue weighted by Crippen LogP contribution is 2.30. The number of furan rings is 1. The number of rotatable bonds is 5. The molecular weight excluding hydrogens is 362 g/mol. The van der Waals surface area contributed by atoms with E-state index in [1.54, 1.807) is 0 Å². The van der Waals surface area contributed by atoms with Gasteiger partial charge in [-0.3, -0.25) is 0 Å². The van der Waals surface area contributed by atoms with Crippen molar-refractivity contribution in [3.05, 3.63) is 16.5 Å². The van der Waals surface area contributed by atoms with Crippen LogP contribution in [-0.4, -0.2) is 37.4 Å². The number of nitrogens with zero attached hydrogens (tertiary/aromatic N) is 1. The lowest BCUT2D eigenvalue weighted by Gasteiger charge is -2.26. The maximum atomic E-state index is 12.5. The van der Waals surface area contributed by atoms with Crippen molar-refractivity contribution in [2.75, 3.05) is 13.6 Å². The Morgan fingerprint density at radius 2 is 2.05 bits per heavy atom. The fourth-order valence-corrected chi connectivity index (χ4v) is 4.78. The van der Waals surface area contributed by atoms with Gasteiger partial charge < -0.3 is 9.52 Å². The molecule has 1 saturated carbocycles. The molecule has 1 N–H and O–H groups in total. The normalized spacial score (nSPS) is 17.3. The van der Waals surface area contributed by atoms with Crippen molar-refractivity contribution >= 4 is 31.9 Å². The van der Waals surface area contributed by atoms with Crippen molar-refractivity contribution in [3.63, 3.8) is 0 Å². The van der Waals surface area contributed by atoms with Gasteiger partial charge in [-0.2, -0.15) is 0 Å². The van der Waals surface area contributed by atoms with Crippen molar-refractivity contribution in [2.24, 2.45) is 5.92 Å². The van der Waals surface area contributed by atoms with Gasteiger partial charge in [0.15, 0.2) is 4.67 Å². The second-order valence-electron chi connectivity index (χ2n) is 5.34. The van der Waals surface area contributed by atoms with Gasteiger partial charge in [0.25, 0.3) is 0 Å². The summed E-state index contributed by atoms with van der Waals surface area (Å²) in [4.78, 5) is 10.7. The molecule has 1 aromatic rings. The monoisotopic (exact) mass is 379 g/mol. The number of hydrogen-bond acceptors (Lipinski definition) is 4.